The van der Waals surface area contributed by atoms with Gasteiger partial charge in [-0.25, -0.2) is 9.59 Å². The molecule has 2 atom stereocenters. The second-order valence-corrected chi connectivity index (χ2v) is 13.9. The normalized spacial score (nSPS) is 15.1. The van der Waals surface area contributed by atoms with Gasteiger partial charge in [0.05, 0.1) is 27.5 Å². The molecule has 0 saturated carbocycles. The van der Waals surface area contributed by atoms with Gasteiger partial charge in [0.25, 0.3) is 5.91 Å². The molecule has 1 aliphatic rings. The monoisotopic (exact) mass is 619 g/mol. The number of fused-ring (bicyclic) bond motifs is 1. The number of carbonyl (C=O) groups is 4. The summed E-state index contributed by atoms with van der Waals surface area (Å²) in [7, 11) is 0. The maximum atomic E-state index is 13.4. The molecule has 1 heterocycles. The van der Waals surface area contributed by atoms with Crippen LogP contribution in [0.5, 0.6) is 0 Å². The van der Waals surface area contributed by atoms with E-state index in [4.69, 9.17) is 5.11 Å². The van der Waals surface area contributed by atoms with Crippen molar-refractivity contribution >= 4 is 57.5 Å². The molecule has 1 aromatic heterocycles. The van der Waals surface area contributed by atoms with E-state index in [0.29, 0.717) is 33.5 Å². The maximum Gasteiger partial charge on any atom is 0.336 e. The Kier molecular flexibility index (Phi) is 9.62. The summed E-state index contributed by atoms with van der Waals surface area (Å²) >= 11 is 2.81. The summed E-state index contributed by atoms with van der Waals surface area (Å²) in [6.07, 6.45) is 3.26. The second kappa shape index (κ2) is 13.0. The van der Waals surface area contributed by atoms with Gasteiger partial charge in [0.15, 0.2) is 0 Å². The van der Waals surface area contributed by atoms with Gasteiger partial charge in [-0.2, -0.15) is 5.26 Å². The number of carboxylic acids is 2. The van der Waals surface area contributed by atoms with Gasteiger partial charge in [0, 0.05) is 15.5 Å². The standard InChI is InChI=1S/C32H33N3O6S2/c1-5-25(28(37)35-29-24(16-33)21-12-10-18(32(2,3)4)14-26(21)43-29)42-20-8-6-7-19(15-20)34-27(36)22-11-9-17(30(38)39)13-23(22)31(40)41/h6-9,11,13,15,18,25H,5,10,12,14H2,1-4H3,(H,34,36)(H,35,37)(H,38,39)(H,40,41). The molecule has 4 N–H and O–H groups in total. The number of nitriles is 1. The fraction of sp³-hybridized carbons (Fsp3) is 0.344. The molecule has 0 fully saturated rings. The first-order valence-corrected chi connectivity index (χ1v) is 15.6. The van der Waals surface area contributed by atoms with Gasteiger partial charge in [-0.1, -0.05) is 33.8 Å². The first-order valence-electron chi connectivity index (χ1n) is 13.9. The molecule has 224 valence electrons. The number of nitrogens with zero attached hydrogens (tertiary/aromatic N) is 1. The van der Waals surface area contributed by atoms with E-state index < -0.39 is 28.7 Å². The van der Waals surface area contributed by atoms with Gasteiger partial charge in [0.2, 0.25) is 5.91 Å². The van der Waals surface area contributed by atoms with Crippen LogP contribution in [0.2, 0.25) is 0 Å². The van der Waals surface area contributed by atoms with Crippen LogP contribution in [0.3, 0.4) is 0 Å². The fourth-order valence-electron chi connectivity index (χ4n) is 5.11. The molecular formula is C32H33N3O6S2. The Balaban J connectivity index is 1.47. The van der Waals surface area contributed by atoms with Crippen LogP contribution < -0.4 is 10.6 Å². The largest absolute Gasteiger partial charge is 0.478 e. The number of benzene rings is 2. The summed E-state index contributed by atoms with van der Waals surface area (Å²) in [4.78, 5) is 51.1. The molecule has 9 nitrogen and oxygen atoms in total. The first-order chi connectivity index (χ1) is 20.3. The van der Waals surface area contributed by atoms with Crippen molar-refractivity contribution < 1.29 is 29.4 Å². The molecule has 2 aromatic carbocycles. The number of hydrogen-bond acceptors (Lipinski definition) is 7. The molecule has 0 saturated heterocycles. The molecule has 0 bridgehead atoms. The Morgan fingerprint density at radius 3 is 2.44 bits per heavy atom. The van der Waals surface area contributed by atoms with E-state index in [2.05, 4.69) is 37.5 Å². The smallest absolute Gasteiger partial charge is 0.336 e. The minimum absolute atomic E-state index is 0.166. The average molecular weight is 620 g/mol. The number of thioether (sulfide) groups is 1. The SMILES string of the molecule is CCC(Sc1cccc(NC(=O)c2ccc(C(=O)O)cc2C(=O)O)c1)C(=O)Nc1sc2c(c1C#N)CCC(C(C)(C)C)C2. The zero-order valence-corrected chi connectivity index (χ0v) is 25.9. The highest BCUT2D eigenvalue weighted by molar-refractivity contribution is 8.00. The van der Waals surface area contributed by atoms with Crippen molar-refractivity contribution in [1.82, 2.24) is 0 Å². The summed E-state index contributed by atoms with van der Waals surface area (Å²) < 4.78 is 0. The lowest BCUT2D eigenvalue weighted by Gasteiger charge is -2.33. The van der Waals surface area contributed by atoms with Crippen molar-refractivity contribution in [2.75, 3.05) is 10.6 Å². The van der Waals surface area contributed by atoms with Gasteiger partial charge in [0.1, 0.15) is 11.1 Å². The number of anilines is 2. The van der Waals surface area contributed by atoms with Crippen LogP contribution in [-0.2, 0) is 17.6 Å². The molecule has 4 rings (SSSR count). The lowest BCUT2D eigenvalue weighted by Crippen LogP contribution is -2.26. The molecule has 11 heteroatoms. The number of hydrogen-bond donors (Lipinski definition) is 4. The van der Waals surface area contributed by atoms with Crippen molar-refractivity contribution in [3.63, 3.8) is 0 Å². The van der Waals surface area contributed by atoms with E-state index in [1.165, 1.54) is 40.1 Å². The van der Waals surface area contributed by atoms with E-state index in [9.17, 15) is 29.5 Å². The van der Waals surface area contributed by atoms with Gasteiger partial charge in [-0.3, -0.25) is 9.59 Å². The molecule has 0 spiro atoms. The first kappa shape index (κ1) is 31.8. The Hall–Kier alpha value is -4.14. The minimum atomic E-state index is -1.42. The summed E-state index contributed by atoms with van der Waals surface area (Å²) in [5, 5.41) is 34.4. The summed E-state index contributed by atoms with van der Waals surface area (Å²) in [6, 6.07) is 12.4. The molecule has 2 amide bonds. The predicted molar refractivity (Wildman–Crippen MR) is 167 cm³/mol. The van der Waals surface area contributed by atoms with Crippen molar-refractivity contribution in [3.8, 4) is 6.07 Å². The average Bonchev–Trinajstić information content (AvgIpc) is 3.31. The van der Waals surface area contributed by atoms with Crippen LogP contribution in [0.15, 0.2) is 47.4 Å². The number of nitrogens with one attached hydrogen (secondary N) is 2. The Morgan fingerprint density at radius 1 is 1.07 bits per heavy atom. The van der Waals surface area contributed by atoms with E-state index in [1.54, 1.807) is 24.3 Å². The summed E-state index contributed by atoms with van der Waals surface area (Å²) in [5.74, 6) is -3.13. The zero-order valence-electron chi connectivity index (χ0n) is 24.3. The molecule has 0 aliphatic heterocycles. The number of thiophene rings is 1. The predicted octanol–water partition coefficient (Wildman–Crippen LogP) is 6.93. The van der Waals surface area contributed by atoms with Crippen LogP contribution in [0.4, 0.5) is 10.7 Å². The fourth-order valence-corrected chi connectivity index (χ4v) is 7.40. The van der Waals surface area contributed by atoms with Gasteiger partial charge in [-0.05, 0) is 79.0 Å². The number of amides is 2. The van der Waals surface area contributed by atoms with E-state index in [0.717, 1.165) is 30.9 Å². The lowest BCUT2D eigenvalue weighted by atomic mass is 9.72. The Morgan fingerprint density at radius 2 is 1.81 bits per heavy atom. The molecule has 0 radical (unpaired) electrons. The van der Waals surface area contributed by atoms with Crippen molar-refractivity contribution in [2.45, 2.75) is 63.5 Å². The maximum absolute atomic E-state index is 13.4. The Bertz CT molecular complexity index is 1630. The third-order valence-electron chi connectivity index (χ3n) is 7.61. The van der Waals surface area contributed by atoms with Crippen LogP contribution in [-0.4, -0.2) is 39.2 Å². The van der Waals surface area contributed by atoms with Crippen molar-refractivity contribution in [3.05, 3.63) is 75.2 Å². The summed E-state index contributed by atoms with van der Waals surface area (Å²) in [5.41, 5.74) is 1.32. The molecule has 1 aliphatic carbocycles. The molecule has 43 heavy (non-hydrogen) atoms. The third-order valence-corrected chi connectivity index (χ3v) is 10.1. The number of carbonyl (C=O) groups excluding carboxylic acids is 2. The second-order valence-electron chi connectivity index (χ2n) is 11.5. The minimum Gasteiger partial charge on any atom is -0.478 e. The zero-order chi connectivity index (χ0) is 31.5. The highest BCUT2D eigenvalue weighted by atomic mass is 32.2. The summed E-state index contributed by atoms with van der Waals surface area (Å²) in [6.45, 7) is 8.61. The van der Waals surface area contributed by atoms with Gasteiger partial charge < -0.3 is 20.8 Å². The number of carboxylic acid groups (broad SMARTS) is 2. The van der Waals surface area contributed by atoms with Crippen LogP contribution in [0, 0.1) is 22.7 Å². The van der Waals surface area contributed by atoms with E-state index in [1.807, 2.05) is 6.92 Å². The highest BCUT2D eigenvalue weighted by Gasteiger charge is 2.33. The van der Waals surface area contributed by atoms with E-state index >= 15 is 0 Å². The van der Waals surface area contributed by atoms with Crippen LogP contribution >= 0.6 is 23.1 Å². The third kappa shape index (κ3) is 7.27. The molecule has 3 aromatic rings. The quantitative estimate of drug-likeness (QED) is 0.188. The van der Waals surface area contributed by atoms with Gasteiger partial charge in [-0.15, -0.1) is 23.1 Å². The number of rotatable bonds is 9. The van der Waals surface area contributed by atoms with Crippen molar-refractivity contribution in [2.24, 2.45) is 11.3 Å². The van der Waals surface area contributed by atoms with Crippen molar-refractivity contribution in [1.29, 1.82) is 5.26 Å². The number of aromatic carboxylic acids is 2. The topological polar surface area (TPSA) is 157 Å². The highest BCUT2D eigenvalue weighted by Crippen LogP contribution is 2.44. The molecular weight excluding hydrogens is 587 g/mol. The Labute approximate surface area is 258 Å². The lowest BCUT2D eigenvalue weighted by molar-refractivity contribution is -0.115. The van der Waals surface area contributed by atoms with Crippen LogP contribution in [0.1, 0.15) is 87.6 Å². The van der Waals surface area contributed by atoms with Crippen LogP contribution in [0.25, 0.3) is 0 Å². The van der Waals surface area contributed by atoms with Gasteiger partial charge >= 0.3 is 11.9 Å². The molecule has 2 unspecified atom stereocenters. The van der Waals surface area contributed by atoms with E-state index in [-0.39, 0.29) is 22.4 Å².